The van der Waals surface area contributed by atoms with Crippen LogP contribution in [0.25, 0.3) is 5.82 Å². The van der Waals surface area contributed by atoms with E-state index in [9.17, 15) is 0 Å². The molecule has 3 aromatic rings. The maximum absolute atomic E-state index is 4.39. The standard InChI is InChI=1S/C15H15N5/c1-11-10-12(2)20(19-11)15-9-8-14(17-18-15)16-13-6-4-3-5-7-13/h3-10H,1-2H3,(H,16,17). The molecule has 20 heavy (non-hydrogen) atoms. The van der Waals surface area contributed by atoms with Crippen molar-refractivity contribution >= 4 is 11.5 Å². The van der Waals surface area contributed by atoms with Gasteiger partial charge in [0.2, 0.25) is 0 Å². The van der Waals surface area contributed by atoms with Gasteiger partial charge in [-0.2, -0.15) is 5.10 Å². The maximum Gasteiger partial charge on any atom is 0.176 e. The molecule has 0 spiro atoms. The Bertz CT molecular complexity index is 701. The average Bonchev–Trinajstić information content (AvgIpc) is 2.80. The maximum atomic E-state index is 4.39. The van der Waals surface area contributed by atoms with E-state index in [4.69, 9.17) is 0 Å². The zero-order chi connectivity index (χ0) is 13.9. The lowest BCUT2D eigenvalue weighted by atomic mass is 10.3. The molecule has 5 nitrogen and oxygen atoms in total. The van der Waals surface area contributed by atoms with Crippen LogP contribution >= 0.6 is 0 Å². The van der Waals surface area contributed by atoms with Crippen LogP contribution in [0.3, 0.4) is 0 Å². The minimum Gasteiger partial charge on any atom is -0.339 e. The van der Waals surface area contributed by atoms with E-state index in [1.54, 1.807) is 4.68 Å². The number of benzene rings is 1. The third kappa shape index (κ3) is 2.51. The molecule has 0 aliphatic carbocycles. The van der Waals surface area contributed by atoms with Crippen LogP contribution in [-0.2, 0) is 0 Å². The van der Waals surface area contributed by atoms with Crippen LogP contribution < -0.4 is 5.32 Å². The van der Waals surface area contributed by atoms with Crippen molar-refractivity contribution in [1.82, 2.24) is 20.0 Å². The molecule has 0 aliphatic heterocycles. The molecule has 100 valence electrons. The van der Waals surface area contributed by atoms with Crippen LogP contribution in [-0.4, -0.2) is 20.0 Å². The molecule has 0 aliphatic rings. The van der Waals surface area contributed by atoms with Gasteiger partial charge in [0, 0.05) is 11.4 Å². The van der Waals surface area contributed by atoms with Crippen LogP contribution in [0.2, 0.25) is 0 Å². The van der Waals surface area contributed by atoms with Crippen LogP contribution in [0, 0.1) is 13.8 Å². The number of aromatic nitrogens is 4. The summed E-state index contributed by atoms with van der Waals surface area (Å²) in [5, 5.41) is 16.0. The Morgan fingerprint density at radius 2 is 1.75 bits per heavy atom. The molecular formula is C15H15N5. The largest absolute Gasteiger partial charge is 0.339 e. The summed E-state index contributed by atoms with van der Waals surface area (Å²) in [7, 11) is 0. The minimum atomic E-state index is 0.710. The molecular weight excluding hydrogens is 250 g/mol. The van der Waals surface area contributed by atoms with Crippen molar-refractivity contribution in [3.05, 3.63) is 59.9 Å². The SMILES string of the molecule is Cc1cc(C)n(-c2ccc(Nc3ccccc3)nn2)n1. The predicted octanol–water partition coefficient (Wildman–Crippen LogP) is 3.02. The number of aryl methyl sites for hydroxylation is 2. The highest BCUT2D eigenvalue weighted by Crippen LogP contribution is 2.14. The van der Waals surface area contributed by atoms with Crippen molar-refractivity contribution in [2.24, 2.45) is 0 Å². The predicted molar refractivity (Wildman–Crippen MR) is 78.4 cm³/mol. The van der Waals surface area contributed by atoms with Crippen molar-refractivity contribution in [1.29, 1.82) is 0 Å². The smallest absolute Gasteiger partial charge is 0.176 e. The lowest BCUT2D eigenvalue weighted by Crippen LogP contribution is -2.04. The molecule has 1 aromatic carbocycles. The number of nitrogens with one attached hydrogen (secondary N) is 1. The van der Waals surface area contributed by atoms with Gasteiger partial charge in [-0.15, -0.1) is 10.2 Å². The quantitative estimate of drug-likeness (QED) is 0.791. The highest BCUT2D eigenvalue weighted by atomic mass is 15.4. The normalized spacial score (nSPS) is 10.5. The van der Waals surface area contributed by atoms with E-state index in [0.717, 1.165) is 17.1 Å². The molecule has 2 aromatic heterocycles. The van der Waals surface area contributed by atoms with Crippen molar-refractivity contribution in [3.63, 3.8) is 0 Å². The Labute approximate surface area is 117 Å². The summed E-state index contributed by atoms with van der Waals surface area (Å²) in [5.74, 6) is 1.43. The summed E-state index contributed by atoms with van der Waals surface area (Å²) in [6.07, 6.45) is 0. The molecule has 0 atom stereocenters. The fourth-order valence-electron chi connectivity index (χ4n) is 2.04. The highest BCUT2D eigenvalue weighted by Gasteiger charge is 2.05. The third-order valence-electron chi connectivity index (χ3n) is 2.92. The lowest BCUT2D eigenvalue weighted by Gasteiger charge is -2.06. The summed E-state index contributed by atoms with van der Waals surface area (Å²) < 4.78 is 1.79. The zero-order valence-corrected chi connectivity index (χ0v) is 11.4. The van der Waals surface area contributed by atoms with Gasteiger partial charge < -0.3 is 5.32 Å². The molecule has 0 radical (unpaired) electrons. The Hall–Kier alpha value is -2.69. The van der Waals surface area contributed by atoms with E-state index in [0.29, 0.717) is 11.6 Å². The second kappa shape index (κ2) is 5.13. The van der Waals surface area contributed by atoms with Gasteiger partial charge in [0.25, 0.3) is 0 Å². The van der Waals surface area contributed by atoms with Crippen molar-refractivity contribution in [2.45, 2.75) is 13.8 Å². The Morgan fingerprint density at radius 1 is 0.950 bits per heavy atom. The van der Waals surface area contributed by atoms with Crippen LogP contribution in [0.4, 0.5) is 11.5 Å². The number of para-hydroxylation sites is 1. The van der Waals surface area contributed by atoms with Gasteiger partial charge in [0.1, 0.15) is 0 Å². The van der Waals surface area contributed by atoms with Gasteiger partial charge in [-0.3, -0.25) is 0 Å². The number of hydrogen-bond acceptors (Lipinski definition) is 4. The molecule has 0 amide bonds. The second-order valence-corrected chi connectivity index (χ2v) is 4.61. The number of anilines is 2. The van der Waals surface area contributed by atoms with Gasteiger partial charge in [-0.1, -0.05) is 18.2 Å². The van der Waals surface area contributed by atoms with Gasteiger partial charge in [-0.05, 0) is 44.2 Å². The molecule has 0 saturated carbocycles. The lowest BCUT2D eigenvalue weighted by molar-refractivity contribution is 0.783. The van der Waals surface area contributed by atoms with E-state index in [1.807, 2.05) is 62.4 Å². The van der Waals surface area contributed by atoms with Crippen LogP contribution in [0.15, 0.2) is 48.5 Å². The highest BCUT2D eigenvalue weighted by molar-refractivity contribution is 5.55. The summed E-state index contributed by atoms with van der Waals surface area (Å²) in [5.41, 5.74) is 3.00. The van der Waals surface area contributed by atoms with E-state index >= 15 is 0 Å². The van der Waals surface area contributed by atoms with Gasteiger partial charge >= 0.3 is 0 Å². The summed E-state index contributed by atoms with van der Waals surface area (Å²) in [6.45, 7) is 3.96. The Morgan fingerprint density at radius 3 is 2.35 bits per heavy atom. The number of hydrogen-bond donors (Lipinski definition) is 1. The summed E-state index contributed by atoms with van der Waals surface area (Å²) in [6, 6.07) is 15.7. The first-order valence-electron chi connectivity index (χ1n) is 6.42. The fourth-order valence-corrected chi connectivity index (χ4v) is 2.04. The fraction of sp³-hybridized carbons (Fsp3) is 0.133. The monoisotopic (exact) mass is 265 g/mol. The molecule has 0 fully saturated rings. The molecule has 1 N–H and O–H groups in total. The average molecular weight is 265 g/mol. The molecule has 0 saturated heterocycles. The third-order valence-corrected chi connectivity index (χ3v) is 2.92. The number of nitrogens with zero attached hydrogens (tertiary/aromatic N) is 4. The first-order valence-corrected chi connectivity index (χ1v) is 6.42. The van der Waals surface area contributed by atoms with E-state index in [1.165, 1.54) is 0 Å². The van der Waals surface area contributed by atoms with E-state index < -0.39 is 0 Å². The Kier molecular flexibility index (Phi) is 3.16. The van der Waals surface area contributed by atoms with Crippen molar-refractivity contribution in [2.75, 3.05) is 5.32 Å². The van der Waals surface area contributed by atoms with Crippen molar-refractivity contribution < 1.29 is 0 Å². The Balaban J connectivity index is 1.83. The van der Waals surface area contributed by atoms with Crippen LogP contribution in [0.5, 0.6) is 0 Å². The molecule has 5 heteroatoms. The molecule has 2 heterocycles. The summed E-state index contributed by atoms with van der Waals surface area (Å²) >= 11 is 0. The molecule has 0 bridgehead atoms. The first kappa shape index (κ1) is 12.3. The number of rotatable bonds is 3. The minimum absolute atomic E-state index is 0.710. The van der Waals surface area contributed by atoms with Crippen molar-refractivity contribution in [3.8, 4) is 5.82 Å². The molecule has 0 unspecified atom stereocenters. The summed E-state index contributed by atoms with van der Waals surface area (Å²) in [4.78, 5) is 0. The first-order chi connectivity index (χ1) is 9.72. The topological polar surface area (TPSA) is 55.6 Å². The van der Waals surface area contributed by atoms with E-state index in [-0.39, 0.29) is 0 Å². The van der Waals surface area contributed by atoms with Gasteiger partial charge in [0.15, 0.2) is 11.6 Å². The second-order valence-electron chi connectivity index (χ2n) is 4.61. The zero-order valence-electron chi connectivity index (χ0n) is 11.4. The molecule has 3 rings (SSSR count). The van der Waals surface area contributed by atoms with Gasteiger partial charge in [0.05, 0.1) is 5.69 Å². The van der Waals surface area contributed by atoms with Gasteiger partial charge in [-0.25, -0.2) is 4.68 Å². The van der Waals surface area contributed by atoms with E-state index in [2.05, 4.69) is 20.6 Å². The van der Waals surface area contributed by atoms with Crippen LogP contribution in [0.1, 0.15) is 11.4 Å².